The van der Waals surface area contributed by atoms with E-state index in [-0.39, 0.29) is 12.1 Å². The van der Waals surface area contributed by atoms with Crippen molar-refractivity contribution >= 4 is 12.1 Å². The van der Waals surface area contributed by atoms with Gasteiger partial charge in [-0.3, -0.25) is 5.21 Å². The van der Waals surface area contributed by atoms with Crippen LogP contribution < -0.4 is 5.32 Å². The number of carbonyl (C=O) groups is 2. The van der Waals surface area contributed by atoms with Gasteiger partial charge in [0.2, 0.25) is 0 Å². The van der Waals surface area contributed by atoms with Crippen LogP contribution in [-0.2, 0) is 0 Å². The first-order chi connectivity index (χ1) is 8.16. The second-order valence-electron chi connectivity index (χ2n) is 5.28. The number of urea groups is 2. The molecule has 2 N–H and O–H groups in total. The Balaban J connectivity index is 3.13. The molecule has 0 bridgehead atoms. The van der Waals surface area contributed by atoms with Gasteiger partial charge in [0.05, 0.1) is 5.54 Å². The number of nitrogens with one attached hydrogen (secondary N) is 1. The van der Waals surface area contributed by atoms with E-state index in [1.807, 2.05) is 27.7 Å². The Morgan fingerprint density at radius 3 is 2.33 bits per heavy atom. The number of hydrogen-bond acceptors (Lipinski definition) is 3. The summed E-state index contributed by atoms with van der Waals surface area (Å²) in [6.45, 7) is 7.45. The molecule has 1 unspecified atom stereocenters. The highest BCUT2D eigenvalue weighted by molar-refractivity contribution is 5.81. The molecule has 1 saturated heterocycles. The van der Waals surface area contributed by atoms with Crippen LogP contribution in [0.1, 0.15) is 27.7 Å². The summed E-state index contributed by atoms with van der Waals surface area (Å²) in [6.07, 6.45) is -0.729. The molecule has 0 aromatic carbocycles. The van der Waals surface area contributed by atoms with Gasteiger partial charge in [0.15, 0.2) is 6.17 Å². The Hall–Kier alpha value is -1.50. The molecule has 1 fully saturated rings. The summed E-state index contributed by atoms with van der Waals surface area (Å²) < 4.78 is 0. The molecule has 18 heavy (non-hydrogen) atoms. The van der Waals surface area contributed by atoms with Gasteiger partial charge >= 0.3 is 12.1 Å². The van der Waals surface area contributed by atoms with E-state index in [9.17, 15) is 14.8 Å². The minimum absolute atomic E-state index is 0.0157. The summed E-state index contributed by atoms with van der Waals surface area (Å²) in [5.74, 6) is 0. The SMILES string of the molecule is CNC(=O)N(O)C1N(C)C(=O)N(C(C)C)C1(C)C. The van der Waals surface area contributed by atoms with Crippen LogP contribution in [0.2, 0.25) is 0 Å². The van der Waals surface area contributed by atoms with Crippen LogP contribution in [0.15, 0.2) is 0 Å². The van der Waals surface area contributed by atoms with E-state index < -0.39 is 17.7 Å². The average molecular weight is 258 g/mol. The van der Waals surface area contributed by atoms with Gasteiger partial charge in [0, 0.05) is 20.1 Å². The molecule has 1 atom stereocenters. The number of hydroxylamine groups is 2. The maximum absolute atomic E-state index is 12.2. The number of carbonyl (C=O) groups excluding carboxylic acids is 2. The van der Waals surface area contributed by atoms with Crippen molar-refractivity contribution < 1.29 is 14.8 Å². The fourth-order valence-corrected chi connectivity index (χ4v) is 2.69. The smallest absolute Gasteiger partial charge is 0.339 e. The first kappa shape index (κ1) is 14.6. The van der Waals surface area contributed by atoms with Crippen molar-refractivity contribution in [3.63, 3.8) is 0 Å². The maximum Gasteiger partial charge on any atom is 0.342 e. The summed E-state index contributed by atoms with van der Waals surface area (Å²) in [6, 6.07) is -0.862. The van der Waals surface area contributed by atoms with E-state index in [0.29, 0.717) is 5.06 Å². The van der Waals surface area contributed by atoms with Gasteiger partial charge in [-0.2, -0.15) is 5.06 Å². The van der Waals surface area contributed by atoms with Gasteiger partial charge in [-0.05, 0) is 27.7 Å². The summed E-state index contributed by atoms with van der Waals surface area (Å²) >= 11 is 0. The minimum Gasteiger partial charge on any atom is -0.339 e. The monoisotopic (exact) mass is 258 g/mol. The Morgan fingerprint density at radius 2 is 2.00 bits per heavy atom. The van der Waals surface area contributed by atoms with E-state index in [1.54, 1.807) is 11.9 Å². The van der Waals surface area contributed by atoms with E-state index in [1.165, 1.54) is 11.9 Å². The molecule has 0 saturated carbocycles. The van der Waals surface area contributed by atoms with Crippen molar-refractivity contribution in [2.75, 3.05) is 14.1 Å². The van der Waals surface area contributed by atoms with Gasteiger partial charge in [-0.25, -0.2) is 9.59 Å². The van der Waals surface area contributed by atoms with Crippen molar-refractivity contribution in [3.05, 3.63) is 0 Å². The third-order valence-corrected chi connectivity index (χ3v) is 3.30. The molecule has 0 aliphatic carbocycles. The molecule has 4 amide bonds. The largest absolute Gasteiger partial charge is 0.342 e. The predicted molar refractivity (Wildman–Crippen MR) is 66.1 cm³/mol. The van der Waals surface area contributed by atoms with Crippen molar-refractivity contribution in [2.45, 2.75) is 45.4 Å². The van der Waals surface area contributed by atoms with Crippen LogP contribution in [0.5, 0.6) is 0 Å². The second kappa shape index (κ2) is 4.64. The summed E-state index contributed by atoms with van der Waals surface area (Å²) in [5, 5.41) is 12.9. The lowest BCUT2D eigenvalue weighted by Crippen LogP contribution is -2.58. The number of amides is 4. The molecule has 0 radical (unpaired) electrons. The van der Waals surface area contributed by atoms with Crippen LogP contribution in [0.25, 0.3) is 0 Å². The summed E-state index contributed by atoms with van der Waals surface area (Å²) in [5.41, 5.74) is -0.679. The normalized spacial score (nSPS) is 22.7. The average Bonchev–Trinajstić information content (AvgIpc) is 2.43. The Labute approximate surface area is 107 Å². The van der Waals surface area contributed by atoms with Crippen LogP contribution in [0, 0.1) is 0 Å². The molecule has 0 spiro atoms. The van der Waals surface area contributed by atoms with E-state index in [2.05, 4.69) is 5.32 Å². The molecular formula is C11H22N4O3. The topological polar surface area (TPSA) is 76.1 Å². The molecule has 0 aromatic heterocycles. The van der Waals surface area contributed by atoms with Crippen molar-refractivity contribution in [1.82, 2.24) is 20.2 Å². The molecule has 1 heterocycles. The molecule has 104 valence electrons. The van der Waals surface area contributed by atoms with Gasteiger partial charge < -0.3 is 15.1 Å². The minimum atomic E-state index is -0.729. The third kappa shape index (κ3) is 1.98. The first-order valence-electron chi connectivity index (χ1n) is 5.92. The Kier molecular flexibility index (Phi) is 3.75. The van der Waals surface area contributed by atoms with Crippen LogP contribution in [0.4, 0.5) is 9.59 Å². The van der Waals surface area contributed by atoms with E-state index in [0.717, 1.165) is 0 Å². The zero-order valence-electron chi connectivity index (χ0n) is 11.8. The van der Waals surface area contributed by atoms with Crippen molar-refractivity contribution in [1.29, 1.82) is 0 Å². The molecule has 7 nitrogen and oxygen atoms in total. The highest BCUT2D eigenvalue weighted by Crippen LogP contribution is 2.34. The zero-order valence-corrected chi connectivity index (χ0v) is 11.8. The predicted octanol–water partition coefficient (Wildman–Crippen LogP) is 0.897. The fraction of sp³-hybridized carbons (Fsp3) is 0.818. The Bertz CT molecular complexity index is 356. The summed E-state index contributed by atoms with van der Waals surface area (Å²) in [4.78, 5) is 26.7. The number of nitrogens with zero attached hydrogens (tertiary/aromatic N) is 3. The van der Waals surface area contributed by atoms with Gasteiger partial charge in [0.25, 0.3) is 0 Å². The molecule has 1 aliphatic rings. The first-order valence-corrected chi connectivity index (χ1v) is 5.92. The molecule has 7 heteroatoms. The van der Waals surface area contributed by atoms with Gasteiger partial charge in [-0.1, -0.05) is 0 Å². The highest BCUT2D eigenvalue weighted by atomic mass is 16.5. The Morgan fingerprint density at radius 1 is 1.50 bits per heavy atom. The molecule has 1 aliphatic heterocycles. The van der Waals surface area contributed by atoms with E-state index in [4.69, 9.17) is 0 Å². The van der Waals surface area contributed by atoms with E-state index >= 15 is 0 Å². The lowest BCUT2D eigenvalue weighted by atomic mass is 9.99. The van der Waals surface area contributed by atoms with Gasteiger partial charge in [0.1, 0.15) is 0 Å². The number of rotatable bonds is 2. The molecule has 0 aromatic rings. The summed E-state index contributed by atoms with van der Waals surface area (Å²) in [7, 11) is 3.00. The second-order valence-corrected chi connectivity index (χ2v) is 5.28. The quantitative estimate of drug-likeness (QED) is 0.570. The highest BCUT2D eigenvalue weighted by Gasteiger charge is 2.54. The zero-order chi connectivity index (χ0) is 14.2. The standard InChI is InChI=1S/C11H22N4O3/c1-7(2)14-10(17)13(6)8(11(14,3)4)15(18)9(16)12-5/h7-8,18H,1-6H3,(H,12,16). The van der Waals surface area contributed by atoms with Crippen LogP contribution in [-0.4, -0.2) is 64.0 Å². The lowest BCUT2D eigenvalue weighted by molar-refractivity contribution is -0.130. The fourth-order valence-electron chi connectivity index (χ4n) is 2.69. The third-order valence-electron chi connectivity index (χ3n) is 3.30. The maximum atomic E-state index is 12.2. The lowest BCUT2D eigenvalue weighted by Gasteiger charge is -2.39. The van der Waals surface area contributed by atoms with Gasteiger partial charge in [-0.15, -0.1) is 0 Å². The number of likely N-dealkylation sites (N-methyl/N-ethyl adjacent to an activating group) is 1. The van der Waals surface area contributed by atoms with Crippen molar-refractivity contribution in [2.24, 2.45) is 0 Å². The van der Waals surface area contributed by atoms with Crippen molar-refractivity contribution in [3.8, 4) is 0 Å². The molecule has 1 rings (SSSR count). The van der Waals surface area contributed by atoms with Crippen LogP contribution >= 0.6 is 0 Å². The van der Waals surface area contributed by atoms with Crippen LogP contribution in [0.3, 0.4) is 0 Å². The number of hydrogen-bond donors (Lipinski definition) is 2. The molecular weight excluding hydrogens is 236 g/mol.